The van der Waals surface area contributed by atoms with E-state index >= 15 is 0 Å². The van der Waals surface area contributed by atoms with Gasteiger partial charge in [-0.3, -0.25) is 0 Å². The average Bonchev–Trinajstić information content (AvgIpc) is 2.45. The van der Waals surface area contributed by atoms with Crippen molar-refractivity contribution in [1.29, 1.82) is 0 Å². The zero-order chi connectivity index (χ0) is 15.5. The molecule has 0 aromatic heterocycles. The van der Waals surface area contributed by atoms with Crippen LogP contribution in [0.1, 0.15) is 21.5 Å². The smallest absolute Gasteiger partial charge is 0.416 e. The number of carboxylic acids is 1. The molecule has 2 aromatic carbocycles. The largest absolute Gasteiger partial charge is 0.478 e. The SMILES string of the molecule is O=C(O)c1ccc(SCc2ccc(C(F)(F)F)cc2)cc1. The first kappa shape index (κ1) is 15.4. The number of halogens is 3. The van der Waals surface area contributed by atoms with Crippen LogP contribution in [0.15, 0.2) is 53.4 Å². The molecule has 0 aliphatic rings. The third kappa shape index (κ3) is 4.26. The second-order valence-electron chi connectivity index (χ2n) is 4.31. The first-order valence-corrected chi connectivity index (χ1v) is 6.97. The molecule has 0 spiro atoms. The molecule has 21 heavy (non-hydrogen) atoms. The van der Waals surface area contributed by atoms with Crippen LogP contribution in [-0.4, -0.2) is 11.1 Å². The van der Waals surface area contributed by atoms with Crippen LogP contribution < -0.4 is 0 Å². The van der Waals surface area contributed by atoms with Crippen LogP contribution in [-0.2, 0) is 11.9 Å². The minimum Gasteiger partial charge on any atom is -0.478 e. The van der Waals surface area contributed by atoms with Gasteiger partial charge in [0.2, 0.25) is 0 Å². The van der Waals surface area contributed by atoms with Crippen LogP contribution in [0.2, 0.25) is 0 Å². The molecule has 0 unspecified atom stereocenters. The molecule has 0 aliphatic carbocycles. The predicted octanol–water partition coefficient (Wildman–Crippen LogP) is 4.70. The van der Waals surface area contributed by atoms with Crippen molar-refractivity contribution in [3.8, 4) is 0 Å². The summed E-state index contributed by atoms with van der Waals surface area (Å²) < 4.78 is 37.3. The standard InChI is InChI=1S/C15H11F3O2S/c16-15(17,18)12-5-1-10(2-6-12)9-21-13-7-3-11(4-8-13)14(19)20/h1-8H,9H2,(H,19,20). The second-order valence-corrected chi connectivity index (χ2v) is 5.36. The van der Waals surface area contributed by atoms with Crippen LogP contribution in [0.3, 0.4) is 0 Å². The monoisotopic (exact) mass is 312 g/mol. The summed E-state index contributed by atoms with van der Waals surface area (Å²) in [5.41, 5.74) is 0.311. The van der Waals surface area contributed by atoms with E-state index in [9.17, 15) is 18.0 Å². The van der Waals surface area contributed by atoms with Crippen LogP contribution in [0.25, 0.3) is 0 Å². The number of hydrogen-bond acceptors (Lipinski definition) is 2. The van der Waals surface area contributed by atoms with Crippen LogP contribution >= 0.6 is 11.8 Å². The molecule has 0 saturated carbocycles. The third-order valence-corrected chi connectivity index (χ3v) is 3.87. The molecule has 0 saturated heterocycles. The van der Waals surface area contributed by atoms with Gasteiger partial charge in [-0.2, -0.15) is 13.2 Å². The van der Waals surface area contributed by atoms with Gasteiger partial charge in [-0.05, 0) is 42.0 Å². The molecule has 110 valence electrons. The summed E-state index contributed by atoms with van der Waals surface area (Å²) in [6, 6.07) is 11.4. The van der Waals surface area contributed by atoms with Gasteiger partial charge < -0.3 is 5.11 Å². The highest BCUT2D eigenvalue weighted by Crippen LogP contribution is 2.30. The van der Waals surface area contributed by atoms with Gasteiger partial charge in [-0.15, -0.1) is 11.8 Å². The maximum atomic E-state index is 12.4. The van der Waals surface area contributed by atoms with Gasteiger partial charge in [-0.1, -0.05) is 12.1 Å². The van der Waals surface area contributed by atoms with Gasteiger partial charge >= 0.3 is 12.1 Å². The number of benzene rings is 2. The van der Waals surface area contributed by atoms with Crippen molar-refractivity contribution in [2.75, 3.05) is 0 Å². The minimum absolute atomic E-state index is 0.203. The van der Waals surface area contributed by atoms with E-state index in [1.807, 2.05) is 0 Å². The molecule has 0 heterocycles. The maximum Gasteiger partial charge on any atom is 0.416 e. The van der Waals surface area contributed by atoms with Crippen molar-refractivity contribution in [2.45, 2.75) is 16.8 Å². The molecule has 0 amide bonds. The number of thioether (sulfide) groups is 1. The molecule has 0 fully saturated rings. The van der Waals surface area contributed by atoms with Crippen LogP contribution in [0.4, 0.5) is 13.2 Å². The van der Waals surface area contributed by atoms with E-state index in [2.05, 4.69) is 0 Å². The maximum absolute atomic E-state index is 12.4. The molecule has 2 nitrogen and oxygen atoms in total. The molecule has 0 atom stereocenters. The van der Waals surface area contributed by atoms with Gasteiger partial charge in [-0.25, -0.2) is 4.79 Å². The molecular formula is C15H11F3O2S. The summed E-state index contributed by atoms with van der Waals surface area (Å²) in [7, 11) is 0. The first-order valence-electron chi connectivity index (χ1n) is 5.98. The molecule has 0 bridgehead atoms. The van der Waals surface area contributed by atoms with E-state index in [1.54, 1.807) is 12.1 Å². The fraction of sp³-hybridized carbons (Fsp3) is 0.133. The highest BCUT2D eigenvalue weighted by molar-refractivity contribution is 7.98. The van der Waals surface area contributed by atoms with Crippen molar-refractivity contribution < 1.29 is 23.1 Å². The lowest BCUT2D eigenvalue weighted by Gasteiger charge is -2.07. The predicted molar refractivity (Wildman–Crippen MR) is 74.4 cm³/mol. The number of alkyl halides is 3. The Morgan fingerprint density at radius 1 is 1.00 bits per heavy atom. The van der Waals surface area contributed by atoms with E-state index in [0.29, 0.717) is 5.75 Å². The van der Waals surface area contributed by atoms with Crippen molar-refractivity contribution in [3.05, 3.63) is 65.2 Å². The van der Waals surface area contributed by atoms with Crippen molar-refractivity contribution >= 4 is 17.7 Å². The van der Waals surface area contributed by atoms with Gasteiger partial charge in [0.15, 0.2) is 0 Å². The van der Waals surface area contributed by atoms with Crippen molar-refractivity contribution in [3.63, 3.8) is 0 Å². The summed E-state index contributed by atoms with van der Waals surface area (Å²) >= 11 is 1.43. The highest BCUT2D eigenvalue weighted by atomic mass is 32.2. The third-order valence-electron chi connectivity index (χ3n) is 2.79. The summed E-state index contributed by atoms with van der Waals surface area (Å²) in [6.45, 7) is 0. The molecule has 6 heteroatoms. The Balaban J connectivity index is 1.98. The van der Waals surface area contributed by atoms with Crippen LogP contribution in [0.5, 0.6) is 0 Å². The molecule has 0 radical (unpaired) electrons. The van der Waals surface area contributed by atoms with Gasteiger partial charge in [0.1, 0.15) is 0 Å². The Hall–Kier alpha value is -1.95. The summed E-state index contributed by atoms with van der Waals surface area (Å²) in [5.74, 6) is -0.473. The lowest BCUT2D eigenvalue weighted by atomic mass is 10.1. The molecule has 0 aliphatic heterocycles. The fourth-order valence-electron chi connectivity index (χ4n) is 1.65. The van der Waals surface area contributed by atoms with Gasteiger partial charge in [0.25, 0.3) is 0 Å². The van der Waals surface area contributed by atoms with E-state index in [-0.39, 0.29) is 5.56 Å². The normalized spacial score (nSPS) is 11.4. The van der Waals surface area contributed by atoms with Crippen LogP contribution in [0, 0.1) is 0 Å². The average molecular weight is 312 g/mol. The number of carboxylic acid groups (broad SMARTS) is 1. The summed E-state index contributed by atoms with van der Waals surface area (Å²) in [5, 5.41) is 8.78. The Kier molecular flexibility index (Phi) is 4.57. The van der Waals surface area contributed by atoms with E-state index in [4.69, 9.17) is 5.11 Å². The van der Waals surface area contributed by atoms with E-state index in [0.717, 1.165) is 22.6 Å². The fourth-order valence-corrected chi connectivity index (χ4v) is 2.50. The minimum atomic E-state index is -4.32. The highest BCUT2D eigenvalue weighted by Gasteiger charge is 2.29. The summed E-state index contributed by atoms with van der Waals surface area (Å²) in [6.07, 6.45) is -4.32. The zero-order valence-corrected chi connectivity index (χ0v) is 11.5. The van der Waals surface area contributed by atoms with Gasteiger partial charge in [0, 0.05) is 10.6 Å². The quantitative estimate of drug-likeness (QED) is 0.832. The Labute approximate surface area is 123 Å². The Morgan fingerprint density at radius 2 is 1.57 bits per heavy atom. The van der Waals surface area contributed by atoms with Gasteiger partial charge in [0.05, 0.1) is 11.1 Å². The topological polar surface area (TPSA) is 37.3 Å². The lowest BCUT2D eigenvalue weighted by molar-refractivity contribution is -0.137. The lowest BCUT2D eigenvalue weighted by Crippen LogP contribution is -2.04. The van der Waals surface area contributed by atoms with E-state index in [1.165, 1.54) is 36.0 Å². The first-order chi connectivity index (χ1) is 9.86. The van der Waals surface area contributed by atoms with Crippen molar-refractivity contribution in [1.82, 2.24) is 0 Å². The zero-order valence-electron chi connectivity index (χ0n) is 10.7. The van der Waals surface area contributed by atoms with Crippen molar-refractivity contribution in [2.24, 2.45) is 0 Å². The molecule has 2 rings (SSSR count). The Bertz CT molecular complexity index is 619. The number of carbonyl (C=O) groups is 1. The molecule has 2 aromatic rings. The number of hydrogen-bond donors (Lipinski definition) is 1. The molecule has 1 N–H and O–H groups in total. The number of aromatic carboxylic acids is 1. The Morgan fingerprint density at radius 3 is 2.05 bits per heavy atom. The second kappa shape index (κ2) is 6.22. The molecular weight excluding hydrogens is 301 g/mol. The number of rotatable bonds is 4. The van der Waals surface area contributed by atoms with E-state index < -0.39 is 17.7 Å². The summed E-state index contributed by atoms with van der Waals surface area (Å²) in [4.78, 5) is 11.6.